The molecule has 1 atom stereocenters. The number of aromatic nitrogens is 1. The van der Waals surface area contributed by atoms with E-state index < -0.39 is 9.84 Å². The highest BCUT2D eigenvalue weighted by atomic mass is 32.2. The van der Waals surface area contributed by atoms with Crippen molar-refractivity contribution in [3.63, 3.8) is 0 Å². The maximum Gasteiger partial charge on any atom is 0.270 e. The van der Waals surface area contributed by atoms with Gasteiger partial charge >= 0.3 is 0 Å². The molecule has 0 bridgehead atoms. The molecule has 1 aliphatic heterocycles. The van der Waals surface area contributed by atoms with Gasteiger partial charge in [-0.1, -0.05) is 29.8 Å². The molecule has 0 spiro atoms. The smallest absolute Gasteiger partial charge is 0.270 e. The lowest BCUT2D eigenvalue weighted by atomic mass is 10.1. The van der Waals surface area contributed by atoms with Gasteiger partial charge in [0, 0.05) is 12.6 Å². The maximum absolute atomic E-state index is 12.2. The molecule has 2 heterocycles. The Morgan fingerprint density at radius 2 is 1.96 bits per heavy atom. The standard InChI is InChI=1S/C18H21N3O3S/c1-13-2-4-14(5-3-13)10-20-18(22)17-7-6-15(11-19-17)21-16-8-9-25(23,24)12-16/h2-7,11,16,21H,8-10,12H2,1H3,(H,20,22). The zero-order chi connectivity index (χ0) is 17.9. The van der Waals surface area contributed by atoms with Crippen LogP contribution in [0.25, 0.3) is 0 Å². The van der Waals surface area contributed by atoms with E-state index in [1.807, 2.05) is 31.2 Å². The van der Waals surface area contributed by atoms with Crippen molar-refractivity contribution < 1.29 is 13.2 Å². The van der Waals surface area contributed by atoms with Crippen molar-refractivity contribution in [2.45, 2.75) is 25.9 Å². The molecule has 1 amide bonds. The van der Waals surface area contributed by atoms with E-state index in [-0.39, 0.29) is 23.5 Å². The zero-order valence-electron chi connectivity index (χ0n) is 14.0. The second kappa shape index (κ2) is 7.23. The molecule has 25 heavy (non-hydrogen) atoms. The second-order valence-electron chi connectivity index (χ2n) is 6.34. The van der Waals surface area contributed by atoms with E-state index >= 15 is 0 Å². The van der Waals surface area contributed by atoms with E-state index in [9.17, 15) is 13.2 Å². The molecule has 0 saturated carbocycles. The van der Waals surface area contributed by atoms with Gasteiger partial charge < -0.3 is 10.6 Å². The van der Waals surface area contributed by atoms with Crippen LogP contribution in [-0.4, -0.2) is 36.9 Å². The van der Waals surface area contributed by atoms with Gasteiger partial charge in [0.05, 0.1) is 23.4 Å². The summed E-state index contributed by atoms with van der Waals surface area (Å²) >= 11 is 0. The number of aryl methyl sites for hydroxylation is 1. The van der Waals surface area contributed by atoms with Crippen molar-refractivity contribution in [2.24, 2.45) is 0 Å². The van der Waals surface area contributed by atoms with Gasteiger partial charge in [0.15, 0.2) is 9.84 Å². The monoisotopic (exact) mass is 359 g/mol. The fraction of sp³-hybridized carbons (Fsp3) is 0.333. The molecule has 3 rings (SSSR count). The second-order valence-corrected chi connectivity index (χ2v) is 8.57. The quantitative estimate of drug-likeness (QED) is 0.851. The average molecular weight is 359 g/mol. The topological polar surface area (TPSA) is 88.2 Å². The molecule has 1 unspecified atom stereocenters. The largest absolute Gasteiger partial charge is 0.380 e. The molecule has 0 aliphatic carbocycles. The molecule has 1 saturated heterocycles. The highest BCUT2D eigenvalue weighted by Gasteiger charge is 2.27. The number of benzene rings is 1. The minimum Gasteiger partial charge on any atom is -0.380 e. The Kier molecular flexibility index (Phi) is 5.03. The van der Waals surface area contributed by atoms with Crippen LogP contribution in [0.1, 0.15) is 28.0 Å². The van der Waals surface area contributed by atoms with Gasteiger partial charge in [-0.25, -0.2) is 13.4 Å². The Labute approximate surface area is 147 Å². The normalized spacial score (nSPS) is 18.7. The first-order chi connectivity index (χ1) is 11.9. The number of hydrogen-bond donors (Lipinski definition) is 2. The first-order valence-corrected chi connectivity index (χ1v) is 10.0. The number of rotatable bonds is 5. The molecule has 1 fully saturated rings. The molecule has 1 aromatic heterocycles. The van der Waals surface area contributed by atoms with Crippen molar-refractivity contribution in [1.82, 2.24) is 10.3 Å². The summed E-state index contributed by atoms with van der Waals surface area (Å²) in [5.74, 6) is 0.124. The van der Waals surface area contributed by atoms with E-state index in [2.05, 4.69) is 15.6 Å². The SMILES string of the molecule is Cc1ccc(CNC(=O)c2ccc(NC3CCS(=O)(=O)C3)cn2)cc1. The molecule has 2 N–H and O–H groups in total. The third-order valence-electron chi connectivity index (χ3n) is 4.17. The summed E-state index contributed by atoms with van der Waals surface area (Å²) in [7, 11) is -2.92. The predicted molar refractivity (Wildman–Crippen MR) is 97.3 cm³/mol. The lowest BCUT2D eigenvalue weighted by molar-refractivity contribution is 0.0946. The van der Waals surface area contributed by atoms with E-state index in [4.69, 9.17) is 0 Å². The number of anilines is 1. The number of nitrogens with one attached hydrogen (secondary N) is 2. The average Bonchev–Trinajstić information content (AvgIpc) is 2.93. The Balaban J connectivity index is 1.54. The van der Waals surface area contributed by atoms with Crippen LogP contribution in [0.2, 0.25) is 0 Å². The molecular weight excluding hydrogens is 338 g/mol. The third-order valence-corrected chi connectivity index (χ3v) is 5.94. The van der Waals surface area contributed by atoms with E-state index in [1.165, 1.54) is 5.56 Å². The molecule has 6 nitrogen and oxygen atoms in total. The Hall–Kier alpha value is -2.41. The summed E-state index contributed by atoms with van der Waals surface area (Å²) in [6.45, 7) is 2.46. The molecule has 0 radical (unpaired) electrons. The fourth-order valence-electron chi connectivity index (χ4n) is 2.74. The van der Waals surface area contributed by atoms with Crippen LogP contribution in [0, 0.1) is 6.92 Å². The fourth-order valence-corrected chi connectivity index (χ4v) is 4.41. The van der Waals surface area contributed by atoms with Crippen LogP contribution >= 0.6 is 0 Å². The number of pyridine rings is 1. The molecule has 1 aromatic carbocycles. The minimum absolute atomic E-state index is 0.0898. The highest BCUT2D eigenvalue weighted by molar-refractivity contribution is 7.91. The number of carbonyl (C=O) groups excluding carboxylic acids is 1. The minimum atomic E-state index is -2.92. The van der Waals surface area contributed by atoms with Crippen LogP contribution in [0.4, 0.5) is 5.69 Å². The van der Waals surface area contributed by atoms with Crippen molar-refractivity contribution in [3.8, 4) is 0 Å². The number of carbonyl (C=O) groups is 1. The van der Waals surface area contributed by atoms with Crippen LogP contribution < -0.4 is 10.6 Å². The predicted octanol–water partition coefficient (Wildman–Crippen LogP) is 1.92. The van der Waals surface area contributed by atoms with E-state index in [0.717, 1.165) is 11.3 Å². The lowest BCUT2D eigenvalue weighted by Crippen LogP contribution is -2.24. The first kappa shape index (κ1) is 17.4. The molecule has 1 aliphatic rings. The summed E-state index contributed by atoms with van der Waals surface area (Å²) in [6, 6.07) is 11.3. The number of hydrogen-bond acceptors (Lipinski definition) is 5. The van der Waals surface area contributed by atoms with Crippen molar-refractivity contribution in [3.05, 3.63) is 59.4 Å². The van der Waals surface area contributed by atoms with Gasteiger partial charge in [0.2, 0.25) is 0 Å². The van der Waals surface area contributed by atoms with Crippen LogP contribution in [0.3, 0.4) is 0 Å². The molecule has 132 valence electrons. The van der Waals surface area contributed by atoms with Gasteiger partial charge in [0.25, 0.3) is 5.91 Å². The molecule has 2 aromatic rings. The number of nitrogens with zero attached hydrogens (tertiary/aromatic N) is 1. The molecular formula is C18H21N3O3S. The summed E-state index contributed by atoms with van der Waals surface area (Å²) < 4.78 is 22.9. The Morgan fingerprint density at radius 3 is 2.56 bits per heavy atom. The summed E-state index contributed by atoms with van der Waals surface area (Å²) in [4.78, 5) is 16.3. The lowest BCUT2D eigenvalue weighted by Gasteiger charge is -2.12. The Morgan fingerprint density at radius 1 is 1.20 bits per heavy atom. The van der Waals surface area contributed by atoms with Crippen LogP contribution in [0.5, 0.6) is 0 Å². The Bertz CT molecular complexity index is 846. The number of sulfone groups is 1. The van der Waals surface area contributed by atoms with Gasteiger partial charge in [-0.15, -0.1) is 0 Å². The maximum atomic E-state index is 12.2. The summed E-state index contributed by atoms with van der Waals surface area (Å²) in [5, 5.41) is 5.99. The van der Waals surface area contributed by atoms with Crippen molar-refractivity contribution >= 4 is 21.4 Å². The third kappa shape index (κ3) is 4.79. The summed E-state index contributed by atoms with van der Waals surface area (Å²) in [6.07, 6.45) is 2.16. The van der Waals surface area contributed by atoms with Gasteiger partial charge in [-0.2, -0.15) is 0 Å². The van der Waals surface area contributed by atoms with Crippen molar-refractivity contribution in [1.29, 1.82) is 0 Å². The van der Waals surface area contributed by atoms with Crippen molar-refractivity contribution in [2.75, 3.05) is 16.8 Å². The first-order valence-electron chi connectivity index (χ1n) is 8.18. The van der Waals surface area contributed by atoms with Gasteiger partial charge in [0.1, 0.15) is 5.69 Å². The van der Waals surface area contributed by atoms with Crippen LogP contribution in [-0.2, 0) is 16.4 Å². The van der Waals surface area contributed by atoms with E-state index in [0.29, 0.717) is 18.7 Å². The number of amides is 1. The molecule has 7 heteroatoms. The van der Waals surface area contributed by atoms with Crippen LogP contribution in [0.15, 0.2) is 42.6 Å². The summed E-state index contributed by atoms with van der Waals surface area (Å²) in [5.41, 5.74) is 3.25. The zero-order valence-corrected chi connectivity index (χ0v) is 14.8. The van der Waals surface area contributed by atoms with Gasteiger partial charge in [-0.05, 0) is 31.0 Å². The highest BCUT2D eigenvalue weighted by Crippen LogP contribution is 2.17. The van der Waals surface area contributed by atoms with Gasteiger partial charge in [-0.3, -0.25) is 4.79 Å². The van der Waals surface area contributed by atoms with E-state index in [1.54, 1.807) is 18.3 Å².